The Morgan fingerprint density at radius 3 is 2.77 bits per heavy atom. The number of nitrogens with two attached hydrogens (primary N) is 1. The zero-order valence-corrected chi connectivity index (χ0v) is 24.5. The van der Waals surface area contributed by atoms with E-state index in [9.17, 15) is 14.0 Å². The number of morpholine rings is 1. The number of nitrogens with zero attached hydrogens (tertiary/aromatic N) is 6. The van der Waals surface area contributed by atoms with E-state index in [1.54, 1.807) is 0 Å². The van der Waals surface area contributed by atoms with Crippen molar-refractivity contribution in [1.82, 2.24) is 19.9 Å². The molecule has 8 rings (SSSR count). The smallest absolute Gasteiger partial charge is 0.319 e. The molecule has 4 aliphatic rings. The summed E-state index contributed by atoms with van der Waals surface area (Å²) in [5, 5.41) is 10.7. The summed E-state index contributed by atoms with van der Waals surface area (Å²) in [6, 6.07) is 2.02. The number of alkyl halides is 1. The Kier molecular flexibility index (Phi) is 6.56. The topological polar surface area (TPSA) is 123 Å². The second kappa shape index (κ2) is 10.4. The van der Waals surface area contributed by atoms with E-state index in [-0.39, 0.29) is 63.3 Å². The molecule has 3 saturated heterocycles. The number of nitriles is 1. The summed E-state index contributed by atoms with van der Waals surface area (Å²) in [5.41, 5.74) is 7.10. The van der Waals surface area contributed by atoms with Gasteiger partial charge in [-0.1, -0.05) is 0 Å². The van der Waals surface area contributed by atoms with E-state index in [0.717, 1.165) is 36.9 Å². The minimum absolute atomic E-state index is 0.00675. The number of hydrogen-bond donors (Lipinski definition) is 1. The van der Waals surface area contributed by atoms with Crippen LogP contribution >= 0.6 is 11.3 Å². The molecule has 4 aliphatic heterocycles. The van der Waals surface area contributed by atoms with Gasteiger partial charge in [0, 0.05) is 37.0 Å². The van der Waals surface area contributed by atoms with Gasteiger partial charge < -0.3 is 24.8 Å². The third-order valence-electron chi connectivity index (χ3n) is 9.34. The van der Waals surface area contributed by atoms with Gasteiger partial charge in [-0.15, -0.1) is 11.3 Å². The molecule has 0 saturated carbocycles. The highest BCUT2D eigenvalue weighted by molar-refractivity contribution is 7.23. The summed E-state index contributed by atoms with van der Waals surface area (Å²) in [4.78, 5) is 17.9. The molecule has 0 bridgehead atoms. The number of benzene rings is 1. The van der Waals surface area contributed by atoms with Crippen molar-refractivity contribution in [1.29, 1.82) is 5.26 Å². The molecule has 3 fully saturated rings. The van der Waals surface area contributed by atoms with Crippen LogP contribution in [0.4, 0.5) is 24.0 Å². The van der Waals surface area contributed by atoms with Crippen LogP contribution in [0.1, 0.15) is 36.0 Å². The standard InChI is InChI=1S/C30H28F3N7O3S/c31-15-8-30(2-1-3-40(30)11-15)14-43-29-37-25-22(28(38-29)39-4-6-41-7-5-39)18-13-42-12-17(18)20(23(25)33)24-21-16(9-34)27(35)44-26(21)19(32)10-36-24/h10,15H,1-8,11-14,35H2/t15-,30+/m1/s1. The number of ether oxygens (including phenoxy) is 3. The highest BCUT2D eigenvalue weighted by atomic mass is 32.1. The Morgan fingerprint density at radius 2 is 1.95 bits per heavy atom. The van der Waals surface area contributed by atoms with Crippen molar-refractivity contribution < 1.29 is 27.4 Å². The second-order valence-corrected chi connectivity index (χ2v) is 12.8. The molecular formula is C30H28F3N7O3S. The van der Waals surface area contributed by atoms with Gasteiger partial charge in [-0.3, -0.25) is 9.88 Å². The molecule has 228 valence electrons. The molecule has 7 heterocycles. The number of halogens is 3. The van der Waals surface area contributed by atoms with E-state index >= 15 is 4.39 Å². The number of nitrogen functional groups attached to an aromatic ring is 1. The number of thiophene rings is 1. The molecule has 0 unspecified atom stereocenters. The molecule has 0 spiro atoms. The Hall–Kier alpha value is -3.77. The van der Waals surface area contributed by atoms with Crippen LogP contribution in [0.15, 0.2) is 6.20 Å². The van der Waals surface area contributed by atoms with Crippen LogP contribution in [-0.4, -0.2) is 77.6 Å². The summed E-state index contributed by atoms with van der Waals surface area (Å²) in [7, 11) is 0. The molecule has 44 heavy (non-hydrogen) atoms. The van der Waals surface area contributed by atoms with Crippen molar-refractivity contribution in [3.8, 4) is 23.3 Å². The predicted octanol–water partition coefficient (Wildman–Crippen LogP) is 4.46. The fourth-order valence-electron chi connectivity index (χ4n) is 7.34. The van der Waals surface area contributed by atoms with Crippen LogP contribution in [0.25, 0.3) is 32.2 Å². The number of anilines is 2. The van der Waals surface area contributed by atoms with E-state index in [0.29, 0.717) is 61.6 Å². The van der Waals surface area contributed by atoms with Gasteiger partial charge in [-0.2, -0.15) is 15.2 Å². The van der Waals surface area contributed by atoms with Crippen LogP contribution in [0.3, 0.4) is 0 Å². The van der Waals surface area contributed by atoms with E-state index in [1.807, 2.05) is 11.0 Å². The molecule has 2 atom stereocenters. The summed E-state index contributed by atoms with van der Waals surface area (Å²) < 4.78 is 64.1. The lowest BCUT2D eigenvalue weighted by molar-refractivity contribution is 0.107. The SMILES string of the molecule is N#Cc1c(N)sc2c(F)cnc(-c3c4c(c5c(N6CCOCC6)nc(OC[C@@]67CCCN6C[C@H](F)C7)nc5c3F)COC4)c12. The first-order chi connectivity index (χ1) is 21.4. The first kappa shape index (κ1) is 27.8. The van der Waals surface area contributed by atoms with E-state index in [1.165, 1.54) is 0 Å². The van der Waals surface area contributed by atoms with Gasteiger partial charge in [0.05, 0.1) is 59.5 Å². The Bertz CT molecular complexity index is 1880. The fraction of sp³-hybridized carbons (Fsp3) is 0.467. The van der Waals surface area contributed by atoms with Crippen LogP contribution in [-0.2, 0) is 22.7 Å². The molecule has 0 aliphatic carbocycles. The van der Waals surface area contributed by atoms with Crippen molar-refractivity contribution in [3.05, 3.63) is 34.5 Å². The van der Waals surface area contributed by atoms with Gasteiger partial charge in [-0.05, 0) is 30.5 Å². The van der Waals surface area contributed by atoms with Gasteiger partial charge in [0.25, 0.3) is 0 Å². The largest absolute Gasteiger partial charge is 0.461 e. The molecule has 14 heteroatoms. The molecule has 4 aromatic rings. The zero-order valence-electron chi connectivity index (χ0n) is 23.7. The number of aromatic nitrogens is 3. The van der Waals surface area contributed by atoms with Crippen molar-refractivity contribution in [3.63, 3.8) is 0 Å². The maximum atomic E-state index is 17.1. The number of fused-ring (bicyclic) bond motifs is 5. The molecule has 0 amide bonds. The lowest BCUT2D eigenvalue weighted by atomic mass is 9.93. The van der Waals surface area contributed by atoms with Crippen molar-refractivity contribution >= 4 is 43.1 Å². The molecule has 0 radical (unpaired) electrons. The summed E-state index contributed by atoms with van der Waals surface area (Å²) in [6.45, 7) is 3.65. The lowest BCUT2D eigenvalue weighted by Crippen LogP contribution is -2.43. The molecular weight excluding hydrogens is 595 g/mol. The third kappa shape index (κ3) is 4.13. The Labute approximate surface area is 254 Å². The average Bonchev–Trinajstić information content (AvgIpc) is 3.79. The molecule has 2 N–H and O–H groups in total. The van der Waals surface area contributed by atoms with Crippen LogP contribution in [0, 0.1) is 23.0 Å². The highest BCUT2D eigenvalue weighted by Gasteiger charge is 2.49. The quantitative estimate of drug-likeness (QED) is 0.341. The van der Waals surface area contributed by atoms with Crippen LogP contribution in [0.5, 0.6) is 6.01 Å². The molecule has 3 aromatic heterocycles. The summed E-state index contributed by atoms with van der Waals surface area (Å²) in [5.74, 6) is -0.845. The van der Waals surface area contributed by atoms with Gasteiger partial charge in [-0.25, -0.2) is 13.2 Å². The highest BCUT2D eigenvalue weighted by Crippen LogP contribution is 2.47. The fourth-order valence-corrected chi connectivity index (χ4v) is 8.26. The van der Waals surface area contributed by atoms with Gasteiger partial charge in [0.2, 0.25) is 0 Å². The maximum Gasteiger partial charge on any atom is 0.319 e. The zero-order chi connectivity index (χ0) is 30.2. The van der Waals surface area contributed by atoms with Crippen molar-refractivity contribution in [2.24, 2.45) is 0 Å². The number of rotatable bonds is 5. The van der Waals surface area contributed by atoms with E-state index < -0.39 is 23.3 Å². The van der Waals surface area contributed by atoms with Gasteiger partial charge >= 0.3 is 6.01 Å². The summed E-state index contributed by atoms with van der Waals surface area (Å²) in [6.07, 6.45) is 2.22. The number of pyridine rings is 1. The number of hydrogen-bond acceptors (Lipinski definition) is 11. The third-order valence-corrected chi connectivity index (χ3v) is 10.4. The van der Waals surface area contributed by atoms with Gasteiger partial charge in [0.1, 0.15) is 35.2 Å². The lowest BCUT2D eigenvalue weighted by Gasteiger charge is -2.32. The second-order valence-electron chi connectivity index (χ2n) is 11.8. The Balaban J connectivity index is 1.34. The van der Waals surface area contributed by atoms with Gasteiger partial charge in [0.15, 0.2) is 11.6 Å². The molecule has 10 nitrogen and oxygen atoms in total. The normalized spacial score (nSPS) is 23.4. The van der Waals surface area contributed by atoms with E-state index in [2.05, 4.69) is 14.9 Å². The van der Waals surface area contributed by atoms with Crippen LogP contribution in [0.2, 0.25) is 0 Å². The van der Waals surface area contributed by atoms with Crippen LogP contribution < -0.4 is 15.4 Å². The van der Waals surface area contributed by atoms with E-state index in [4.69, 9.17) is 24.9 Å². The first-order valence-electron chi connectivity index (χ1n) is 14.6. The molecule has 1 aromatic carbocycles. The van der Waals surface area contributed by atoms with Crippen molar-refractivity contribution in [2.45, 2.75) is 44.2 Å². The monoisotopic (exact) mass is 623 g/mol. The van der Waals surface area contributed by atoms with Crippen molar-refractivity contribution in [2.75, 3.05) is 56.6 Å². The first-order valence-corrected chi connectivity index (χ1v) is 15.4. The maximum absolute atomic E-state index is 17.1. The average molecular weight is 624 g/mol. The Morgan fingerprint density at radius 1 is 1.14 bits per heavy atom. The minimum atomic E-state index is -0.924. The minimum Gasteiger partial charge on any atom is -0.461 e. The summed E-state index contributed by atoms with van der Waals surface area (Å²) >= 11 is 0.923. The predicted molar refractivity (Wildman–Crippen MR) is 157 cm³/mol.